The van der Waals surface area contributed by atoms with Gasteiger partial charge in [-0.05, 0) is 38.4 Å². The maximum absolute atomic E-state index is 5.55. The van der Waals surface area contributed by atoms with Crippen LogP contribution in [0, 0.1) is 5.92 Å². The SMILES string of the molecule is CCCC1CCN(Cc2csc(CCN)n2)CC1. The smallest absolute Gasteiger partial charge is 0.0941 e. The molecule has 1 aliphatic heterocycles. The lowest BCUT2D eigenvalue weighted by atomic mass is 9.92. The summed E-state index contributed by atoms with van der Waals surface area (Å²) in [6.45, 7) is 6.51. The maximum Gasteiger partial charge on any atom is 0.0941 e. The lowest BCUT2D eigenvalue weighted by Gasteiger charge is -2.31. The molecule has 3 nitrogen and oxygen atoms in total. The standard InChI is InChI=1S/C14H25N3S/c1-2-3-12-5-8-17(9-6-12)10-13-11-18-14(16-13)4-7-15/h11-12H,2-10,15H2,1H3. The monoisotopic (exact) mass is 267 g/mol. The first-order valence-corrected chi connectivity index (χ1v) is 8.05. The van der Waals surface area contributed by atoms with Gasteiger partial charge in [0.25, 0.3) is 0 Å². The molecule has 0 atom stereocenters. The van der Waals surface area contributed by atoms with Gasteiger partial charge in [0.05, 0.1) is 10.7 Å². The van der Waals surface area contributed by atoms with Gasteiger partial charge in [-0.25, -0.2) is 4.98 Å². The molecule has 0 aromatic carbocycles. The molecule has 1 aromatic heterocycles. The van der Waals surface area contributed by atoms with Crippen LogP contribution in [0.4, 0.5) is 0 Å². The molecule has 2 rings (SSSR count). The fourth-order valence-corrected chi connectivity index (χ4v) is 3.54. The average molecular weight is 267 g/mol. The van der Waals surface area contributed by atoms with Crippen LogP contribution in [0.15, 0.2) is 5.38 Å². The molecule has 18 heavy (non-hydrogen) atoms. The van der Waals surface area contributed by atoms with E-state index in [0.717, 1.165) is 18.9 Å². The Morgan fingerprint density at radius 1 is 1.44 bits per heavy atom. The highest BCUT2D eigenvalue weighted by Crippen LogP contribution is 2.23. The molecule has 0 aliphatic carbocycles. The van der Waals surface area contributed by atoms with Crippen molar-refractivity contribution in [3.8, 4) is 0 Å². The topological polar surface area (TPSA) is 42.1 Å². The fraction of sp³-hybridized carbons (Fsp3) is 0.786. The highest BCUT2D eigenvalue weighted by atomic mass is 32.1. The van der Waals surface area contributed by atoms with E-state index in [-0.39, 0.29) is 0 Å². The van der Waals surface area contributed by atoms with Crippen molar-refractivity contribution in [2.75, 3.05) is 19.6 Å². The van der Waals surface area contributed by atoms with Gasteiger partial charge >= 0.3 is 0 Å². The number of piperidine rings is 1. The van der Waals surface area contributed by atoms with E-state index < -0.39 is 0 Å². The Hall–Kier alpha value is -0.450. The summed E-state index contributed by atoms with van der Waals surface area (Å²) in [5.41, 5.74) is 6.79. The molecular formula is C14H25N3S. The van der Waals surface area contributed by atoms with Crippen LogP contribution in [-0.4, -0.2) is 29.5 Å². The zero-order valence-corrected chi connectivity index (χ0v) is 12.2. The van der Waals surface area contributed by atoms with Gasteiger partial charge in [0, 0.05) is 18.3 Å². The molecule has 1 aromatic rings. The number of nitrogens with two attached hydrogens (primary N) is 1. The van der Waals surface area contributed by atoms with Crippen LogP contribution in [0.25, 0.3) is 0 Å². The van der Waals surface area contributed by atoms with E-state index in [1.807, 2.05) is 0 Å². The van der Waals surface area contributed by atoms with Gasteiger partial charge < -0.3 is 5.73 Å². The second kappa shape index (κ2) is 7.22. The van der Waals surface area contributed by atoms with Crippen molar-refractivity contribution in [2.45, 2.75) is 45.6 Å². The van der Waals surface area contributed by atoms with E-state index in [9.17, 15) is 0 Å². The molecule has 1 saturated heterocycles. The fourth-order valence-electron chi connectivity index (χ4n) is 2.73. The van der Waals surface area contributed by atoms with E-state index in [1.165, 1.54) is 49.5 Å². The molecule has 0 saturated carbocycles. The molecule has 0 spiro atoms. The molecule has 4 heteroatoms. The Labute approximate surface area is 114 Å². The Morgan fingerprint density at radius 2 is 2.22 bits per heavy atom. The third kappa shape index (κ3) is 4.04. The summed E-state index contributed by atoms with van der Waals surface area (Å²) in [6.07, 6.45) is 6.40. The second-order valence-corrected chi connectivity index (χ2v) is 6.22. The lowest BCUT2D eigenvalue weighted by molar-refractivity contribution is 0.170. The third-order valence-corrected chi connectivity index (χ3v) is 4.70. The number of aromatic nitrogens is 1. The molecule has 2 N–H and O–H groups in total. The van der Waals surface area contributed by atoms with Crippen molar-refractivity contribution in [1.29, 1.82) is 0 Å². The zero-order chi connectivity index (χ0) is 12.8. The van der Waals surface area contributed by atoms with Crippen LogP contribution in [0.3, 0.4) is 0 Å². The van der Waals surface area contributed by atoms with Crippen molar-refractivity contribution in [1.82, 2.24) is 9.88 Å². The van der Waals surface area contributed by atoms with Crippen LogP contribution in [0.5, 0.6) is 0 Å². The predicted molar refractivity (Wildman–Crippen MR) is 77.8 cm³/mol. The third-order valence-electron chi connectivity index (χ3n) is 3.75. The number of rotatable bonds is 6. The van der Waals surface area contributed by atoms with Crippen LogP contribution in [0.2, 0.25) is 0 Å². The molecule has 2 heterocycles. The van der Waals surface area contributed by atoms with Gasteiger partial charge in [-0.3, -0.25) is 4.90 Å². The first-order valence-electron chi connectivity index (χ1n) is 7.17. The van der Waals surface area contributed by atoms with E-state index in [0.29, 0.717) is 6.54 Å². The summed E-state index contributed by atoms with van der Waals surface area (Å²) >= 11 is 1.75. The molecular weight excluding hydrogens is 242 g/mol. The van der Waals surface area contributed by atoms with Crippen LogP contribution >= 0.6 is 11.3 Å². The first kappa shape index (κ1) is 14.0. The molecule has 102 valence electrons. The average Bonchev–Trinajstić information content (AvgIpc) is 2.80. The Balaban J connectivity index is 1.76. The van der Waals surface area contributed by atoms with Gasteiger partial charge in [-0.1, -0.05) is 19.8 Å². The Morgan fingerprint density at radius 3 is 2.89 bits per heavy atom. The van der Waals surface area contributed by atoms with E-state index in [4.69, 9.17) is 5.73 Å². The van der Waals surface area contributed by atoms with Gasteiger partial charge in [0.1, 0.15) is 0 Å². The lowest BCUT2D eigenvalue weighted by Crippen LogP contribution is -2.33. The minimum Gasteiger partial charge on any atom is -0.330 e. The summed E-state index contributed by atoms with van der Waals surface area (Å²) < 4.78 is 0. The van der Waals surface area contributed by atoms with E-state index in [1.54, 1.807) is 11.3 Å². The number of hydrogen-bond donors (Lipinski definition) is 1. The second-order valence-electron chi connectivity index (χ2n) is 5.28. The molecule has 0 unspecified atom stereocenters. The molecule has 1 aliphatic rings. The minimum absolute atomic E-state index is 0.704. The zero-order valence-electron chi connectivity index (χ0n) is 11.4. The van der Waals surface area contributed by atoms with Crippen LogP contribution in [-0.2, 0) is 13.0 Å². The number of hydrogen-bond acceptors (Lipinski definition) is 4. The summed E-state index contributed by atoms with van der Waals surface area (Å²) in [4.78, 5) is 7.20. The van der Waals surface area contributed by atoms with Crippen LogP contribution < -0.4 is 5.73 Å². The number of nitrogens with zero attached hydrogens (tertiary/aromatic N) is 2. The van der Waals surface area contributed by atoms with Gasteiger partial charge in [0.2, 0.25) is 0 Å². The highest BCUT2D eigenvalue weighted by molar-refractivity contribution is 7.09. The minimum atomic E-state index is 0.704. The molecule has 1 fully saturated rings. The highest BCUT2D eigenvalue weighted by Gasteiger charge is 2.19. The van der Waals surface area contributed by atoms with Crippen LogP contribution in [0.1, 0.15) is 43.3 Å². The summed E-state index contributed by atoms with van der Waals surface area (Å²) in [7, 11) is 0. The van der Waals surface area contributed by atoms with Gasteiger partial charge in [-0.2, -0.15) is 0 Å². The predicted octanol–water partition coefficient (Wildman–Crippen LogP) is 2.66. The van der Waals surface area contributed by atoms with Crippen molar-refractivity contribution < 1.29 is 0 Å². The summed E-state index contributed by atoms with van der Waals surface area (Å²) in [5.74, 6) is 0.967. The van der Waals surface area contributed by atoms with E-state index >= 15 is 0 Å². The summed E-state index contributed by atoms with van der Waals surface area (Å²) in [6, 6.07) is 0. The normalized spacial score (nSPS) is 18.3. The van der Waals surface area contributed by atoms with Gasteiger partial charge in [0.15, 0.2) is 0 Å². The number of thiazole rings is 1. The van der Waals surface area contributed by atoms with Crippen molar-refractivity contribution in [3.63, 3.8) is 0 Å². The number of likely N-dealkylation sites (tertiary alicyclic amines) is 1. The Kier molecular flexibility index (Phi) is 5.60. The molecule has 0 radical (unpaired) electrons. The first-order chi connectivity index (χ1) is 8.81. The van der Waals surface area contributed by atoms with E-state index in [2.05, 4.69) is 22.2 Å². The molecule has 0 bridgehead atoms. The Bertz CT molecular complexity index is 343. The summed E-state index contributed by atoms with van der Waals surface area (Å²) in [5, 5.41) is 3.39. The van der Waals surface area contributed by atoms with Crippen molar-refractivity contribution in [2.24, 2.45) is 11.7 Å². The quantitative estimate of drug-likeness (QED) is 0.861. The van der Waals surface area contributed by atoms with Crippen molar-refractivity contribution in [3.05, 3.63) is 16.1 Å². The molecule has 0 amide bonds. The largest absolute Gasteiger partial charge is 0.330 e. The maximum atomic E-state index is 5.55. The van der Waals surface area contributed by atoms with Gasteiger partial charge in [-0.15, -0.1) is 11.3 Å². The van der Waals surface area contributed by atoms with Crippen molar-refractivity contribution >= 4 is 11.3 Å².